The van der Waals surface area contributed by atoms with E-state index in [-0.39, 0.29) is 11.9 Å². The van der Waals surface area contributed by atoms with Crippen molar-refractivity contribution in [2.45, 2.75) is 19.9 Å². The highest BCUT2D eigenvalue weighted by molar-refractivity contribution is 5.76. The molecule has 0 aliphatic rings. The Bertz CT molecular complexity index is 776. The molecule has 1 N–H and O–H groups in total. The van der Waals surface area contributed by atoms with Crippen LogP contribution in [0.2, 0.25) is 0 Å². The lowest BCUT2D eigenvalue weighted by Crippen LogP contribution is -2.23. The molecule has 5 heteroatoms. The first-order chi connectivity index (χ1) is 10.1. The molecule has 21 heavy (non-hydrogen) atoms. The molecule has 1 aromatic carbocycles. The van der Waals surface area contributed by atoms with Gasteiger partial charge in [0.1, 0.15) is 0 Å². The van der Waals surface area contributed by atoms with Crippen molar-refractivity contribution in [2.75, 3.05) is 0 Å². The third-order valence-electron chi connectivity index (χ3n) is 3.39. The van der Waals surface area contributed by atoms with Crippen LogP contribution < -0.4 is 5.32 Å². The topological polar surface area (TPSA) is 59.8 Å². The van der Waals surface area contributed by atoms with Gasteiger partial charge in [-0.3, -0.25) is 4.79 Å². The van der Waals surface area contributed by atoms with Crippen molar-refractivity contribution in [2.24, 2.45) is 0 Å². The molecule has 1 unspecified atom stereocenters. The smallest absolute Gasteiger partial charge is 0.217 e. The number of nitrogens with one attached hydrogen (secondary N) is 1. The minimum absolute atomic E-state index is 0.0101. The summed E-state index contributed by atoms with van der Waals surface area (Å²) in [6.45, 7) is 3.48. The van der Waals surface area contributed by atoms with Crippen molar-refractivity contribution in [1.82, 2.24) is 20.1 Å². The maximum absolute atomic E-state index is 11.1. The quantitative estimate of drug-likeness (QED) is 0.802. The fourth-order valence-corrected chi connectivity index (χ4v) is 2.34. The van der Waals surface area contributed by atoms with Crippen molar-refractivity contribution in [3.05, 3.63) is 54.4 Å². The minimum Gasteiger partial charge on any atom is -0.350 e. The minimum atomic E-state index is -0.0335. The summed E-state index contributed by atoms with van der Waals surface area (Å²) in [5, 5.41) is 8.25. The molecule has 2 heterocycles. The van der Waals surface area contributed by atoms with E-state index in [1.54, 1.807) is 12.4 Å². The Morgan fingerprint density at radius 2 is 2.00 bits per heavy atom. The van der Waals surface area contributed by atoms with Gasteiger partial charge < -0.3 is 5.32 Å². The first-order valence-electron chi connectivity index (χ1n) is 6.81. The molecule has 0 saturated carbocycles. The molecule has 3 aromatic rings. The lowest BCUT2D eigenvalue weighted by Gasteiger charge is -2.13. The van der Waals surface area contributed by atoms with E-state index in [9.17, 15) is 4.79 Å². The molecular formula is C16H16N4O. The van der Waals surface area contributed by atoms with Crippen LogP contribution in [0.5, 0.6) is 0 Å². The molecule has 1 atom stereocenters. The standard InChI is InChI=1S/C16H16N4O/c1-11(19-12(2)21)13-5-7-15(8-6-13)20-16-14(10-18-20)4-3-9-17-16/h3-11H,1-2H3,(H,19,21). The predicted octanol–water partition coefficient (Wildman–Crippen LogP) is 2.62. The highest BCUT2D eigenvalue weighted by Crippen LogP contribution is 2.18. The van der Waals surface area contributed by atoms with Gasteiger partial charge >= 0.3 is 0 Å². The molecule has 106 valence electrons. The van der Waals surface area contributed by atoms with E-state index in [2.05, 4.69) is 15.4 Å². The molecule has 0 aliphatic carbocycles. The van der Waals surface area contributed by atoms with Crippen LogP contribution in [0.1, 0.15) is 25.5 Å². The number of pyridine rings is 1. The summed E-state index contributed by atoms with van der Waals surface area (Å²) >= 11 is 0. The number of hydrogen-bond acceptors (Lipinski definition) is 3. The molecule has 0 aliphatic heterocycles. The van der Waals surface area contributed by atoms with Gasteiger partial charge in [0.2, 0.25) is 5.91 Å². The molecule has 0 radical (unpaired) electrons. The summed E-state index contributed by atoms with van der Waals surface area (Å²) in [4.78, 5) is 15.5. The van der Waals surface area contributed by atoms with Crippen LogP contribution in [0.4, 0.5) is 0 Å². The Morgan fingerprint density at radius 1 is 1.24 bits per heavy atom. The lowest BCUT2D eigenvalue weighted by molar-refractivity contribution is -0.119. The first-order valence-corrected chi connectivity index (χ1v) is 6.81. The highest BCUT2D eigenvalue weighted by Gasteiger charge is 2.08. The van der Waals surface area contributed by atoms with E-state index in [1.807, 2.05) is 48.0 Å². The van der Waals surface area contributed by atoms with Crippen LogP contribution in [0, 0.1) is 0 Å². The summed E-state index contributed by atoms with van der Waals surface area (Å²) in [7, 11) is 0. The van der Waals surface area contributed by atoms with Gasteiger partial charge in [-0.1, -0.05) is 12.1 Å². The summed E-state index contributed by atoms with van der Waals surface area (Å²) in [6.07, 6.45) is 3.56. The SMILES string of the molecule is CC(=O)NC(C)c1ccc(-n2ncc3cccnc32)cc1. The average molecular weight is 280 g/mol. The lowest BCUT2D eigenvalue weighted by atomic mass is 10.1. The number of aromatic nitrogens is 3. The summed E-state index contributed by atoms with van der Waals surface area (Å²) in [6, 6.07) is 11.8. The molecule has 5 nitrogen and oxygen atoms in total. The van der Waals surface area contributed by atoms with E-state index >= 15 is 0 Å². The monoisotopic (exact) mass is 280 g/mol. The summed E-state index contributed by atoms with van der Waals surface area (Å²) in [5.74, 6) is -0.0335. The number of rotatable bonds is 3. The Balaban J connectivity index is 1.92. The maximum Gasteiger partial charge on any atom is 0.217 e. The normalized spacial score (nSPS) is 12.3. The highest BCUT2D eigenvalue weighted by atomic mass is 16.1. The van der Waals surface area contributed by atoms with E-state index in [4.69, 9.17) is 0 Å². The largest absolute Gasteiger partial charge is 0.350 e. The van der Waals surface area contributed by atoms with Gasteiger partial charge in [0.15, 0.2) is 5.65 Å². The van der Waals surface area contributed by atoms with Gasteiger partial charge in [0.25, 0.3) is 0 Å². The second-order valence-corrected chi connectivity index (χ2v) is 4.99. The number of carbonyl (C=O) groups is 1. The number of fused-ring (bicyclic) bond motifs is 1. The van der Waals surface area contributed by atoms with Crippen LogP contribution in [-0.4, -0.2) is 20.7 Å². The Hall–Kier alpha value is -2.69. The van der Waals surface area contributed by atoms with Crippen molar-refractivity contribution < 1.29 is 4.79 Å². The second kappa shape index (κ2) is 5.36. The van der Waals surface area contributed by atoms with Gasteiger partial charge in [0.05, 0.1) is 17.9 Å². The number of benzene rings is 1. The number of nitrogens with zero attached hydrogens (tertiary/aromatic N) is 3. The average Bonchev–Trinajstić information content (AvgIpc) is 2.90. The Labute approximate surface area is 122 Å². The zero-order valence-corrected chi connectivity index (χ0v) is 11.9. The Morgan fingerprint density at radius 3 is 2.71 bits per heavy atom. The fourth-order valence-electron chi connectivity index (χ4n) is 2.34. The number of carbonyl (C=O) groups excluding carboxylic acids is 1. The van der Waals surface area contributed by atoms with Crippen molar-refractivity contribution >= 4 is 16.9 Å². The van der Waals surface area contributed by atoms with E-state index in [0.29, 0.717) is 0 Å². The van der Waals surface area contributed by atoms with Crippen LogP contribution in [-0.2, 0) is 4.79 Å². The molecule has 0 spiro atoms. The number of hydrogen-bond donors (Lipinski definition) is 1. The van der Waals surface area contributed by atoms with E-state index in [0.717, 1.165) is 22.3 Å². The third-order valence-corrected chi connectivity index (χ3v) is 3.39. The van der Waals surface area contributed by atoms with Crippen LogP contribution in [0.3, 0.4) is 0 Å². The summed E-state index contributed by atoms with van der Waals surface area (Å²) < 4.78 is 1.81. The number of amides is 1. The molecule has 1 amide bonds. The predicted molar refractivity (Wildman–Crippen MR) is 81.1 cm³/mol. The van der Waals surface area contributed by atoms with E-state index < -0.39 is 0 Å². The zero-order valence-electron chi connectivity index (χ0n) is 11.9. The van der Waals surface area contributed by atoms with Gasteiger partial charge in [0, 0.05) is 18.5 Å². The summed E-state index contributed by atoms with van der Waals surface area (Å²) in [5.41, 5.74) is 2.83. The molecule has 0 bridgehead atoms. The van der Waals surface area contributed by atoms with Crippen molar-refractivity contribution in [1.29, 1.82) is 0 Å². The molecule has 3 rings (SSSR count). The molecule has 0 fully saturated rings. The van der Waals surface area contributed by atoms with Crippen LogP contribution in [0.15, 0.2) is 48.8 Å². The molecule has 2 aromatic heterocycles. The third kappa shape index (κ3) is 2.63. The van der Waals surface area contributed by atoms with Crippen molar-refractivity contribution in [3.63, 3.8) is 0 Å². The van der Waals surface area contributed by atoms with Gasteiger partial charge in [-0.05, 0) is 36.8 Å². The molecular weight excluding hydrogens is 264 g/mol. The van der Waals surface area contributed by atoms with Gasteiger partial charge in [-0.25, -0.2) is 9.67 Å². The van der Waals surface area contributed by atoms with Crippen LogP contribution >= 0.6 is 0 Å². The Kier molecular flexibility index (Phi) is 3.39. The van der Waals surface area contributed by atoms with Gasteiger partial charge in [-0.15, -0.1) is 0 Å². The first kappa shape index (κ1) is 13.3. The van der Waals surface area contributed by atoms with Crippen molar-refractivity contribution in [3.8, 4) is 5.69 Å². The maximum atomic E-state index is 11.1. The van der Waals surface area contributed by atoms with E-state index in [1.165, 1.54) is 6.92 Å². The van der Waals surface area contributed by atoms with Crippen LogP contribution in [0.25, 0.3) is 16.7 Å². The zero-order chi connectivity index (χ0) is 14.8. The molecule has 0 saturated heterocycles. The van der Waals surface area contributed by atoms with Gasteiger partial charge in [-0.2, -0.15) is 5.10 Å². The fraction of sp³-hybridized carbons (Fsp3) is 0.188. The second-order valence-electron chi connectivity index (χ2n) is 4.99.